The number of morpholine rings is 1. The summed E-state index contributed by atoms with van der Waals surface area (Å²) < 4.78 is 83.8. The first-order valence-electron chi connectivity index (χ1n) is 19.7. The van der Waals surface area contributed by atoms with Crippen LogP contribution >= 0.6 is 0 Å². The topological polar surface area (TPSA) is 112 Å². The van der Waals surface area contributed by atoms with E-state index in [4.69, 9.17) is 9.47 Å². The van der Waals surface area contributed by atoms with Gasteiger partial charge in [0.15, 0.2) is 15.5 Å². The van der Waals surface area contributed by atoms with Crippen molar-refractivity contribution in [1.29, 1.82) is 0 Å². The van der Waals surface area contributed by atoms with E-state index in [9.17, 15) is 18.0 Å². The molecule has 1 aliphatic carbocycles. The lowest BCUT2D eigenvalue weighted by Gasteiger charge is -2.53. The molecular weight excluding hydrogens is 748 g/mol. The third kappa shape index (κ3) is 8.12. The quantitative estimate of drug-likeness (QED) is 0.338. The second-order valence-corrected chi connectivity index (χ2v) is 18.4. The number of nitrogens with zero attached hydrogens (tertiary/aromatic N) is 4. The number of amides is 2. The second kappa shape index (κ2) is 16.6. The number of sulfone groups is 1. The zero-order valence-electron chi connectivity index (χ0n) is 32.2. The second-order valence-electron chi connectivity index (χ2n) is 16.1. The molecule has 5 aliphatic rings. The molecule has 2 aromatic rings. The first-order chi connectivity index (χ1) is 26.8. The number of methoxy groups -OCH3 is 1. The maximum absolute atomic E-state index is 16.3. The number of halogens is 3. The molecule has 56 heavy (non-hydrogen) atoms. The van der Waals surface area contributed by atoms with Gasteiger partial charge in [-0.2, -0.15) is 0 Å². The van der Waals surface area contributed by atoms with Crippen LogP contribution in [0.4, 0.5) is 23.7 Å². The summed E-state index contributed by atoms with van der Waals surface area (Å²) in [4.78, 5) is 31.8. The summed E-state index contributed by atoms with van der Waals surface area (Å²) in [5, 5.41) is 2.28. The number of carbonyl (C=O) groups excluding carboxylic acids is 2. The van der Waals surface area contributed by atoms with Gasteiger partial charge >= 0.3 is 6.09 Å². The van der Waals surface area contributed by atoms with Crippen LogP contribution in [0, 0.1) is 35.3 Å². The van der Waals surface area contributed by atoms with Crippen molar-refractivity contribution in [3.63, 3.8) is 0 Å². The Morgan fingerprint density at radius 3 is 2.39 bits per heavy atom. The van der Waals surface area contributed by atoms with E-state index in [0.29, 0.717) is 32.8 Å². The van der Waals surface area contributed by atoms with Gasteiger partial charge in [0.05, 0.1) is 44.0 Å². The van der Waals surface area contributed by atoms with Crippen LogP contribution < -0.4 is 10.2 Å². The molecule has 11 nitrogen and oxygen atoms in total. The smallest absolute Gasteiger partial charge is 0.407 e. The molecular formula is C41H52F3N5O6S. The third-order valence-corrected chi connectivity index (χ3v) is 14.9. The van der Waals surface area contributed by atoms with Crippen molar-refractivity contribution in [3.8, 4) is 11.8 Å². The zero-order valence-corrected chi connectivity index (χ0v) is 33.0. The number of piperidine rings is 1. The number of alkyl halides is 1. The average Bonchev–Trinajstić information content (AvgIpc) is 3.61. The lowest BCUT2D eigenvalue weighted by atomic mass is 9.58. The number of hydrogen-bond acceptors (Lipinski definition) is 9. The molecule has 0 radical (unpaired) electrons. The summed E-state index contributed by atoms with van der Waals surface area (Å²) in [6.45, 7) is 6.36. The molecule has 0 spiro atoms. The van der Waals surface area contributed by atoms with Gasteiger partial charge in [-0.1, -0.05) is 24.5 Å². The van der Waals surface area contributed by atoms with Crippen molar-refractivity contribution >= 4 is 27.5 Å². The van der Waals surface area contributed by atoms with E-state index in [1.54, 1.807) is 17.0 Å². The summed E-state index contributed by atoms with van der Waals surface area (Å²) >= 11 is 0. The fourth-order valence-corrected chi connectivity index (χ4v) is 11.6. The molecule has 5 fully saturated rings. The van der Waals surface area contributed by atoms with Gasteiger partial charge in [-0.05, 0) is 99.3 Å². The van der Waals surface area contributed by atoms with Crippen LogP contribution in [0.25, 0.3) is 0 Å². The molecule has 4 aliphatic heterocycles. The van der Waals surface area contributed by atoms with Crippen molar-refractivity contribution in [2.75, 3.05) is 90.7 Å². The van der Waals surface area contributed by atoms with Gasteiger partial charge in [-0.15, -0.1) is 0 Å². The summed E-state index contributed by atoms with van der Waals surface area (Å²) in [6, 6.07) is 10.5. The van der Waals surface area contributed by atoms with Gasteiger partial charge in [-0.25, -0.2) is 26.4 Å². The lowest BCUT2D eigenvalue weighted by molar-refractivity contribution is -0.128. The highest BCUT2D eigenvalue weighted by atomic mass is 32.2. The van der Waals surface area contributed by atoms with Crippen LogP contribution in [-0.2, 0) is 29.5 Å². The number of hydrogen-bond donors (Lipinski definition) is 1. The van der Waals surface area contributed by atoms with E-state index in [1.807, 2.05) is 6.07 Å². The molecule has 2 aromatic carbocycles. The summed E-state index contributed by atoms with van der Waals surface area (Å²) in [7, 11) is -2.51. The minimum atomic E-state index is -3.87. The van der Waals surface area contributed by atoms with Crippen LogP contribution in [-0.4, -0.2) is 138 Å². The van der Waals surface area contributed by atoms with E-state index in [2.05, 4.69) is 27.0 Å². The van der Waals surface area contributed by atoms with Gasteiger partial charge in [0.1, 0.15) is 16.9 Å². The Hall–Kier alpha value is -3.84. The van der Waals surface area contributed by atoms with Gasteiger partial charge in [0.25, 0.3) is 5.91 Å². The maximum atomic E-state index is 16.3. The van der Waals surface area contributed by atoms with E-state index >= 15 is 13.2 Å². The average molecular weight is 800 g/mol. The van der Waals surface area contributed by atoms with Crippen molar-refractivity contribution < 1.29 is 40.7 Å². The molecule has 0 aromatic heterocycles. The number of ether oxygens (including phenoxy) is 2. The normalized spacial score (nSPS) is 24.7. The molecule has 4 heterocycles. The molecule has 4 saturated heterocycles. The van der Waals surface area contributed by atoms with Crippen LogP contribution in [0.15, 0.2) is 47.4 Å². The van der Waals surface area contributed by atoms with E-state index in [1.165, 1.54) is 37.1 Å². The highest BCUT2D eigenvalue weighted by Gasteiger charge is 2.54. The Morgan fingerprint density at radius 1 is 1.00 bits per heavy atom. The van der Waals surface area contributed by atoms with Gasteiger partial charge in [0, 0.05) is 50.7 Å². The summed E-state index contributed by atoms with van der Waals surface area (Å²) in [6.07, 6.45) is 3.64. The lowest BCUT2D eigenvalue weighted by Crippen LogP contribution is -2.65. The van der Waals surface area contributed by atoms with Crippen LogP contribution in [0.2, 0.25) is 0 Å². The largest absolute Gasteiger partial charge is 0.453 e. The van der Waals surface area contributed by atoms with Crippen molar-refractivity contribution in [1.82, 2.24) is 20.0 Å². The minimum absolute atomic E-state index is 0.000324. The molecule has 3 atom stereocenters. The van der Waals surface area contributed by atoms with Crippen molar-refractivity contribution in [2.45, 2.75) is 66.3 Å². The molecule has 1 saturated carbocycles. The molecule has 1 N–H and O–H groups in total. The number of alkyl carbamates (subject to hydrolysis) is 1. The Kier molecular flexibility index (Phi) is 11.9. The molecule has 304 valence electrons. The molecule has 15 heteroatoms. The van der Waals surface area contributed by atoms with Crippen molar-refractivity contribution in [3.05, 3.63) is 59.7 Å². The SMILES string of the molecule is CC#CC(=O)N1CC(S(=O)(=O)c2ccc(N3CC(F)(CN4CCC([C@@](CN5CCOCC5)(c5cccc(F)c5)[C@H]5CCC[C@@H]5NC(=O)OC)CC4)C3)c(F)c2)C1. The number of carbonyl (C=O) groups is 2. The first kappa shape index (κ1) is 40.4. The van der Waals surface area contributed by atoms with Crippen LogP contribution in [0.1, 0.15) is 44.6 Å². The fraction of sp³-hybridized carbons (Fsp3) is 0.610. The number of anilines is 1. The Bertz CT molecular complexity index is 1930. The zero-order chi connectivity index (χ0) is 39.7. The minimum Gasteiger partial charge on any atom is -0.453 e. The maximum Gasteiger partial charge on any atom is 0.407 e. The number of nitrogens with one attached hydrogen (secondary N) is 1. The summed E-state index contributed by atoms with van der Waals surface area (Å²) in [5.41, 5.74) is -1.00. The molecule has 2 amide bonds. The molecule has 0 unspecified atom stereocenters. The monoisotopic (exact) mass is 799 g/mol. The van der Waals surface area contributed by atoms with Crippen molar-refractivity contribution in [2.24, 2.45) is 11.8 Å². The van der Waals surface area contributed by atoms with Gasteiger partial charge < -0.3 is 24.6 Å². The van der Waals surface area contributed by atoms with E-state index < -0.39 is 44.0 Å². The molecule has 0 bridgehead atoms. The predicted octanol–water partition coefficient (Wildman–Crippen LogP) is 4.01. The standard InChI is InChI=1S/C41H52F3N5O6S/c1-3-6-38(50)48-23-33(24-48)56(52,53)32-11-12-37(35(43)22-32)49-26-40(44,27-49)25-46-15-13-29(14-16-46)41(28-47-17-19-55-20-18-47,30-7-4-8-31(42)21-30)34-9-5-10-36(34)45-39(51)54-2/h4,7-8,11-12,21-22,29,33-34,36H,5,9-10,13-20,23-28H2,1-2H3,(H,45,51)/t34-,36-,41-/m0/s1. The first-order valence-corrected chi connectivity index (χ1v) is 21.2. The fourth-order valence-electron chi connectivity index (χ4n) is 9.97. The Labute approximate surface area is 327 Å². The molecule has 7 rings (SSSR count). The van der Waals surface area contributed by atoms with Crippen LogP contribution in [0.3, 0.4) is 0 Å². The highest BCUT2D eigenvalue weighted by molar-refractivity contribution is 7.92. The van der Waals surface area contributed by atoms with E-state index in [0.717, 1.165) is 56.8 Å². The Balaban J connectivity index is 1.02. The number of benzene rings is 2. The highest BCUT2D eigenvalue weighted by Crippen LogP contribution is 2.51. The van der Waals surface area contributed by atoms with E-state index in [-0.39, 0.29) is 67.0 Å². The number of likely N-dealkylation sites (tertiary alicyclic amines) is 2. The van der Waals surface area contributed by atoms with Gasteiger partial charge in [0.2, 0.25) is 0 Å². The number of rotatable bonds is 11. The van der Waals surface area contributed by atoms with Crippen LogP contribution in [0.5, 0.6) is 0 Å². The van der Waals surface area contributed by atoms with Gasteiger partial charge in [-0.3, -0.25) is 14.6 Å². The predicted molar refractivity (Wildman–Crippen MR) is 205 cm³/mol. The Morgan fingerprint density at radius 2 is 1.73 bits per heavy atom. The summed E-state index contributed by atoms with van der Waals surface area (Å²) in [5.74, 6) is 3.57. The third-order valence-electron chi connectivity index (χ3n) is 12.8.